The van der Waals surface area contributed by atoms with E-state index in [4.69, 9.17) is 11.6 Å². The van der Waals surface area contributed by atoms with Crippen molar-refractivity contribution in [3.63, 3.8) is 0 Å². The van der Waals surface area contributed by atoms with Crippen LogP contribution < -0.4 is 16.1 Å². The first kappa shape index (κ1) is 30.1. The number of piperidine rings is 1. The van der Waals surface area contributed by atoms with Crippen molar-refractivity contribution in [3.05, 3.63) is 0 Å². The third-order valence-corrected chi connectivity index (χ3v) is 8.28. The zero-order chi connectivity index (χ0) is 29.0. The van der Waals surface area contributed by atoms with Crippen LogP contribution >= 0.6 is 11.6 Å². The molecule has 2 aliphatic heterocycles. The van der Waals surface area contributed by atoms with Gasteiger partial charge >= 0.3 is 0 Å². The summed E-state index contributed by atoms with van der Waals surface area (Å²) in [6, 6.07) is -1.84. The lowest BCUT2D eigenvalue weighted by atomic mass is 9.84. The van der Waals surface area contributed by atoms with E-state index in [2.05, 4.69) is 16.1 Å². The first-order valence-electron chi connectivity index (χ1n) is 13.1. The van der Waals surface area contributed by atoms with Crippen LogP contribution in [-0.4, -0.2) is 76.8 Å². The molecule has 2 heterocycles. The smallest absolute Gasteiger partial charge is 0.291 e. The molecule has 38 heavy (non-hydrogen) atoms. The van der Waals surface area contributed by atoms with Gasteiger partial charge in [-0.3, -0.25) is 29.4 Å². The normalized spacial score (nSPS) is 27.6. The number of rotatable bonds is 6. The summed E-state index contributed by atoms with van der Waals surface area (Å²) in [6.45, 7) is 15.3. The zero-order valence-corrected chi connectivity index (χ0v) is 24.2. The van der Waals surface area contributed by atoms with Gasteiger partial charge in [0.15, 0.2) is 0 Å². The molecule has 2 saturated heterocycles. The summed E-state index contributed by atoms with van der Waals surface area (Å²) in [5.74, 6) is -3.60. The lowest BCUT2D eigenvalue weighted by molar-refractivity contribution is -0.151. The van der Waals surface area contributed by atoms with Gasteiger partial charge in [-0.15, -0.1) is 0 Å². The van der Waals surface area contributed by atoms with Crippen molar-refractivity contribution >= 4 is 41.1 Å². The number of alkyl halides is 2. The molecule has 1 aliphatic carbocycles. The number of hydrazine groups is 1. The predicted octanol–water partition coefficient (Wildman–Crippen LogP) is 1.58. The fourth-order valence-electron chi connectivity index (χ4n) is 5.52. The molecule has 214 valence electrons. The predicted molar refractivity (Wildman–Crippen MR) is 139 cm³/mol. The van der Waals surface area contributed by atoms with Crippen LogP contribution in [0.5, 0.6) is 0 Å². The number of likely N-dealkylation sites (tertiary alicyclic amines) is 1. The Hall–Kier alpha value is -2.43. The Labute approximate surface area is 228 Å². The van der Waals surface area contributed by atoms with Gasteiger partial charge in [-0.05, 0) is 29.1 Å². The minimum Gasteiger partial charge on any atom is -0.356 e. The molecule has 0 aromatic heterocycles. The number of carbonyl (C=O) groups is 5. The number of fused-ring (bicyclic) bond motifs is 1. The third-order valence-electron chi connectivity index (χ3n) is 8.09. The van der Waals surface area contributed by atoms with Crippen LogP contribution in [0.4, 0.5) is 4.39 Å². The molecule has 10 nitrogen and oxygen atoms in total. The van der Waals surface area contributed by atoms with Crippen LogP contribution in [0.15, 0.2) is 0 Å². The minimum atomic E-state index is -2.41. The zero-order valence-electron chi connectivity index (χ0n) is 23.5. The van der Waals surface area contributed by atoms with Crippen molar-refractivity contribution in [2.24, 2.45) is 34.0 Å². The van der Waals surface area contributed by atoms with Gasteiger partial charge in [0.25, 0.3) is 17.4 Å². The molecule has 3 rings (SSSR count). The first-order valence-corrected chi connectivity index (χ1v) is 13.5. The fourth-order valence-corrected chi connectivity index (χ4v) is 5.64. The second-order valence-electron chi connectivity index (χ2n) is 13.4. The molecule has 3 fully saturated rings. The van der Waals surface area contributed by atoms with E-state index < -0.39 is 52.2 Å². The summed E-state index contributed by atoms with van der Waals surface area (Å²) in [4.78, 5) is 66.5. The van der Waals surface area contributed by atoms with Crippen molar-refractivity contribution in [1.29, 1.82) is 0 Å². The second kappa shape index (κ2) is 10.3. The van der Waals surface area contributed by atoms with E-state index in [9.17, 15) is 28.4 Å². The van der Waals surface area contributed by atoms with Crippen LogP contribution in [0.3, 0.4) is 0 Å². The van der Waals surface area contributed by atoms with E-state index in [0.717, 1.165) is 5.01 Å². The van der Waals surface area contributed by atoms with Gasteiger partial charge in [0, 0.05) is 18.5 Å². The number of carbonyl (C=O) groups excluding carboxylic acids is 5. The van der Waals surface area contributed by atoms with E-state index in [1.807, 2.05) is 34.6 Å². The summed E-state index contributed by atoms with van der Waals surface area (Å²) >= 11 is 5.41. The van der Waals surface area contributed by atoms with E-state index in [1.54, 1.807) is 20.8 Å². The molecule has 12 heteroatoms. The van der Waals surface area contributed by atoms with Gasteiger partial charge in [-0.2, -0.15) is 0 Å². The Morgan fingerprint density at radius 1 is 1.18 bits per heavy atom. The molecular weight excluding hydrogens is 517 g/mol. The number of halogens is 2. The van der Waals surface area contributed by atoms with Gasteiger partial charge in [-0.25, -0.2) is 9.40 Å². The highest BCUT2D eigenvalue weighted by Gasteiger charge is 2.70. The Morgan fingerprint density at radius 2 is 1.79 bits per heavy atom. The highest BCUT2D eigenvalue weighted by atomic mass is 35.5. The first-order chi connectivity index (χ1) is 17.3. The summed E-state index contributed by atoms with van der Waals surface area (Å²) in [5.41, 5.74) is -1.55. The van der Waals surface area contributed by atoms with Crippen molar-refractivity contribution < 1.29 is 28.4 Å². The molecule has 3 aliphatic rings. The largest absolute Gasteiger partial charge is 0.356 e. The SMILES string of the molecule is CC(C)(C)C(=O)N[C@H](C(=O)N1C[C@H]2[C@@H]([C@H]1C(=O)NN(C[C@@H]1CCNC1=O)C(=O)[C@H](F)Cl)C2(C)C)C(C)(C)C. The van der Waals surface area contributed by atoms with Gasteiger partial charge in [-0.1, -0.05) is 67.0 Å². The summed E-state index contributed by atoms with van der Waals surface area (Å²) in [7, 11) is 0. The maximum absolute atomic E-state index is 13.9. The average Bonchev–Trinajstić information content (AvgIpc) is 3.14. The standard InChI is InChI=1S/C26H41ClFN5O5/c1-24(2,3)17(30-23(38)25(4,5)6)21(36)32-12-14-15(26(14,7)8)16(32)20(35)31-33(22(37)18(27)28)11-13-9-10-29-19(13)34/h13-18H,9-12H2,1-8H3,(H,29,34)(H,30,38)(H,31,35)/t13-,14-,15-,16-,17+,18-/m0/s1. The molecule has 0 aromatic carbocycles. The van der Waals surface area contributed by atoms with Gasteiger partial charge in [0.2, 0.25) is 17.7 Å². The lowest BCUT2D eigenvalue weighted by Crippen LogP contribution is -2.62. The molecule has 0 bridgehead atoms. The van der Waals surface area contributed by atoms with Gasteiger partial charge < -0.3 is 15.5 Å². The van der Waals surface area contributed by atoms with E-state index in [0.29, 0.717) is 19.5 Å². The molecule has 0 unspecified atom stereocenters. The maximum atomic E-state index is 13.9. The molecule has 3 N–H and O–H groups in total. The monoisotopic (exact) mass is 557 g/mol. The summed E-state index contributed by atoms with van der Waals surface area (Å²) < 4.78 is 13.8. The van der Waals surface area contributed by atoms with Crippen molar-refractivity contribution in [2.75, 3.05) is 19.6 Å². The summed E-state index contributed by atoms with van der Waals surface area (Å²) in [6.07, 6.45) is 0.421. The highest BCUT2D eigenvalue weighted by molar-refractivity contribution is 6.29. The third kappa shape index (κ3) is 5.92. The molecule has 0 radical (unpaired) electrons. The van der Waals surface area contributed by atoms with Crippen molar-refractivity contribution in [2.45, 2.75) is 79.5 Å². The highest BCUT2D eigenvalue weighted by Crippen LogP contribution is 2.65. The van der Waals surface area contributed by atoms with Crippen molar-refractivity contribution in [3.8, 4) is 0 Å². The molecule has 0 spiro atoms. The van der Waals surface area contributed by atoms with E-state index in [1.165, 1.54) is 4.90 Å². The van der Waals surface area contributed by atoms with Crippen LogP contribution in [0.2, 0.25) is 0 Å². The Morgan fingerprint density at radius 3 is 2.26 bits per heavy atom. The Balaban J connectivity index is 1.87. The Kier molecular flexibility index (Phi) is 8.14. The van der Waals surface area contributed by atoms with Crippen LogP contribution in [0.25, 0.3) is 0 Å². The quantitative estimate of drug-likeness (QED) is 0.337. The number of hydrogen-bond acceptors (Lipinski definition) is 5. The Bertz CT molecular complexity index is 1000. The second-order valence-corrected chi connectivity index (χ2v) is 13.8. The average molecular weight is 558 g/mol. The van der Waals surface area contributed by atoms with Gasteiger partial charge in [0.1, 0.15) is 12.1 Å². The lowest BCUT2D eigenvalue weighted by Gasteiger charge is -2.39. The molecule has 5 amide bonds. The van der Waals surface area contributed by atoms with Gasteiger partial charge in [0.05, 0.1) is 12.5 Å². The molecule has 0 aromatic rings. The van der Waals surface area contributed by atoms with Crippen LogP contribution in [0, 0.1) is 34.0 Å². The summed E-state index contributed by atoms with van der Waals surface area (Å²) in [5, 5.41) is 6.27. The number of nitrogens with zero attached hydrogens (tertiary/aromatic N) is 2. The molecule has 1 saturated carbocycles. The van der Waals surface area contributed by atoms with Crippen molar-refractivity contribution in [1.82, 2.24) is 26.0 Å². The minimum absolute atomic E-state index is 0.0489. The van der Waals surface area contributed by atoms with Crippen LogP contribution in [-0.2, 0) is 24.0 Å². The number of amides is 5. The number of nitrogens with one attached hydrogen (secondary N) is 3. The number of hydrogen-bond donors (Lipinski definition) is 3. The topological polar surface area (TPSA) is 128 Å². The van der Waals surface area contributed by atoms with Crippen LogP contribution in [0.1, 0.15) is 61.8 Å². The molecule has 6 atom stereocenters. The maximum Gasteiger partial charge on any atom is 0.291 e. The molecular formula is C26H41ClFN5O5. The van der Waals surface area contributed by atoms with E-state index in [-0.39, 0.29) is 35.6 Å². The fraction of sp³-hybridized carbons (Fsp3) is 0.808. The van der Waals surface area contributed by atoms with E-state index >= 15 is 0 Å².